The first kappa shape index (κ1) is 18.4. The molecular formula is C20H26N4O2S. The van der Waals surface area contributed by atoms with Gasteiger partial charge in [-0.1, -0.05) is 18.2 Å². The molecule has 1 aromatic carbocycles. The van der Waals surface area contributed by atoms with E-state index < -0.39 is 9.84 Å². The monoisotopic (exact) mass is 386 g/mol. The number of piperidine rings is 1. The van der Waals surface area contributed by atoms with Gasteiger partial charge in [0.2, 0.25) is 15.8 Å². The van der Waals surface area contributed by atoms with Crippen LogP contribution in [0.3, 0.4) is 0 Å². The number of hydrogen-bond donors (Lipinski definition) is 2. The molecule has 0 unspecified atom stereocenters. The molecule has 1 fully saturated rings. The van der Waals surface area contributed by atoms with Gasteiger partial charge in [0.05, 0.1) is 10.6 Å². The summed E-state index contributed by atoms with van der Waals surface area (Å²) < 4.78 is 26.5. The summed E-state index contributed by atoms with van der Waals surface area (Å²) in [5, 5.41) is 6.86. The first-order valence-corrected chi connectivity index (χ1v) is 11.3. The van der Waals surface area contributed by atoms with Gasteiger partial charge in [-0.2, -0.15) is 0 Å². The number of rotatable bonds is 5. The molecule has 0 saturated carbocycles. The topological polar surface area (TPSA) is 84.0 Å². The number of aryl methyl sites for hydroxylation is 1. The first-order chi connectivity index (χ1) is 13.1. The fourth-order valence-electron chi connectivity index (χ4n) is 3.89. The van der Waals surface area contributed by atoms with E-state index >= 15 is 0 Å². The van der Waals surface area contributed by atoms with Crippen LogP contribution in [-0.2, 0) is 22.7 Å². The molecule has 1 aliphatic heterocycles. The van der Waals surface area contributed by atoms with Crippen molar-refractivity contribution in [3.63, 3.8) is 0 Å². The van der Waals surface area contributed by atoms with Gasteiger partial charge in [0.25, 0.3) is 0 Å². The average molecular weight is 387 g/mol. The Labute approximate surface area is 160 Å². The van der Waals surface area contributed by atoms with E-state index in [1.165, 1.54) is 0 Å². The zero-order valence-corrected chi connectivity index (χ0v) is 16.3. The zero-order valence-electron chi connectivity index (χ0n) is 15.4. The molecule has 1 saturated heterocycles. The van der Waals surface area contributed by atoms with Gasteiger partial charge in [0.1, 0.15) is 0 Å². The van der Waals surface area contributed by atoms with Crippen LogP contribution in [0.2, 0.25) is 0 Å². The Kier molecular flexibility index (Phi) is 5.41. The van der Waals surface area contributed by atoms with Gasteiger partial charge >= 0.3 is 0 Å². The van der Waals surface area contributed by atoms with E-state index in [0.29, 0.717) is 16.8 Å². The number of nitrogens with zero attached hydrogens (tertiary/aromatic N) is 2. The summed E-state index contributed by atoms with van der Waals surface area (Å²) in [5.41, 5.74) is 1.69. The Hall–Kier alpha value is -1.99. The Morgan fingerprint density at radius 1 is 1.04 bits per heavy atom. The van der Waals surface area contributed by atoms with Crippen molar-refractivity contribution in [3.05, 3.63) is 41.6 Å². The highest BCUT2D eigenvalue weighted by atomic mass is 32.2. The van der Waals surface area contributed by atoms with Crippen molar-refractivity contribution in [1.82, 2.24) is 15.3 Å². The van der Waals surface area contributed by atoms with Crippen molar-refractivity contribution in [2.45, 2.75) is 48.4 Å². The molecule has 2 N–H and O–H groups in total. The molecule has 1 aromatic heterocycles. The number of benzene rings is 1. The normalized spacial score (nSPS) is 18.1. The summed E-state index contributed by atoms with van der Waals surface area (Å²) in [6, 6.07) is 8.58. The summed E-state index contributed by atoms with van der Waals surface area (Å²) in [6.45, 7) is 2.85. The quantitative estimate of drug-likeness (QED) is 0.769. The minimum Gasteiger partial charge on any atom is -0.354 e. The van der Waals surface area contributed by atoms with Gasteiger partial charge < -0.3 is 10.6 Å². The van der Waals surface area contributed by atoms with Crippen molar-refractivity contribution in [2.75, 3.05) is 25.0 Å². The Morgan fingerprint density at radius 2 is 1.78 bits per heavy atom. The maximum absolute atomic E-state index is 13.2. The second-order valence-electron chi connectivity index (χ2n) is 7.38. The molecule has 2 aliphatic rings. The molecule has 27 heavy (non-hydrogen) atoms. The summed E-state index contributed by atoms with van der Waals surface area (Å²) in [4.78, 5) is 9.45. The molecule has 4 rings (SSSR count). The van der Waals surface area contributed by atoms with Gasteiger partial charge in [-0.3, -0.25) is 0 Å². The molecule has 6 nitrogen and oxygen atoms in total. The third kappa shape index (κ3) is 3.99. The van der Waals surface area contributed by atoms with Crippen LogP contribution in [0, 0.1) is 5.92 Å². The number of sulfone groups is 1. The van der Waals surface area contributed by atoms with Gasteiger partial charge in [-0.15, -0.1) is 0 Å². The summed E-state index contributed by atoms with van der Waals surface area (Å²) in [6.07, 6.45) is 5.81. The molecule has 0 spiro atoms. The Morgan fingerprint density at radius 3 is 2.56 bits per heavy atom. The highest BCUT2D eigenvalue weighted by molar-refractivity contribution is 7.91. The van der Waals surface area contributed by atoms with E-state index in [2.05, 4.69) is 20.6 Å². The van der Waals surface area contributed by atoms with E-state index in [1.807, 2.05) is 6.07 Å². The van der Waals surface area contributed by atoms with E-state index in [0.717, 1.165) is 69.4 Å². The molecule has 2 heterocycles. The van der Waals surface area contributed by atoms with Gasteiger partial charge in [0.15, 0.2) is 5.03 Å². The highest BCUT2D eigenvalue weighted by Crippen LogP contribution is 2.30. The molecule has 0 atom stereocenters. The molecule has 144 valence electrons. The fourth-order valence-corrected chi connectivity index (χ4v) is 5.38. The zero-order chi connectivity index (χ0) is 18.7. The molecule has 0 radical (unpaired) electrons. The van der Waals surface area contributed by atoms with E-state index in [4.69, 9.17) is 0 Å². The Bertz CT molecular complexity index is 894. The second kappa shape index (κ2) is 7.94. The predicted octanol–water partition coefficient (Wildman–Crippen LogP) is 2.60. The summed E-state index contributed by atoms with van der Waals surface area (Å²) in [5.74, 6) is 1.02. The number of aromatic nitrogens is 2. The number of hydrogen-bond acceptors (Lipinski definition) is 6. The number of nitrogens with one attached hydrogen (secondary N) is 2. The van der Waals surface area contributed by atoms with Crippen molar-refractivity contribution in [1.29, 1.82) is 0 Å². The van der Waals surface area contributed by atoms with Crippen LogP contribution in [-0.4, -0.2) is 38.0 Å². The molecule has 1 aliphatic carbocycles. The van der Waals surface area contributed by atoms with Crippen LogP contribution in [0.5, 0.6) is 0 Å². The van der Waals surface area contributed by atoms with Gasteiger partial charge in [-0.05, 0) is 69.7 Å². The van der Waals surface area contributed by atoms with Crippen LogP contribution in [0.15, 0.2) is 40.3 Å². The van der Waals surface area contributed by atoms with Crippen LogP contribution in [0.4, 0.5) is 5.95 Å². The smallest absolute Gasteiger partial charge is 0.224 e. The lowest BCUT2D eigenvalue weighted by molar-refractivity contribution is 0.389. The minimum absolute atomic E-state index is 0.186. The lowest BCUT2D eigenvalue weighted by Crippen LogP contribution is -2.31. The third-order valence-corrected chi connectivity index (χ3v) is 7.20. The lowest BCUT2D eigenvalue weighted by atomic mass is 9.97. The van der Waals surface area contributed by atoms with Crippen molar-refractivity contribution in [2.24, 2.45) is 5.92 Å². The van der Waals surface area contributed by atoms with Crippen molar-refractivity contribution in [3.8, 4) is 0 Å². The van der Waals surface area contributed by atoms with Crippen molar-refractivity contribution >= 4 is 15.8 Å². The van der Waals surface area contributed by atoms with E-state index in [9.17, 15) is 8.42 Å². The van der Waals surface area contributed by atoms with Crippen LogP contribution < -0.4 is 10.6 Å². The third-order valence-electron chi connectivity index (χ3n) is 5.46. The standard InChI is InChI=1S/C20H26N4O2S/c25-27(26,16-6-2-1-3-7-16)19-17-8-4-5-9-18(17)23-20(24-19)22-14-15-10-12-21-13-11-15/h1-3,6-7,15,21H,4-5,8-14H2,(H,22,23,24). The number of fused-ring (bicyclic) bond motifs is 1. The van der Waals surface area contributed by atoms with Gasteiger partial charge in [-0.25, -0.2) is 18.4 Å². The maximum atomic E-state index is 13.2. The molecule has 0 amide bonds. The van der Waals surface area contributed by atoms with Gasteiger partial charge in [0, 0.05) is 12.1 Å². The molecular weight excluding hydrogens is 360 g/mol. The van der Waals surface area contributed by atoms with E-state index in [1.54, 1.807) is 24.3 Å². The first-order valence-electron chi connectivity index (χ1n) is 9.79. The Balaban J connectivity index is 1.67. The van der Waals surface area contributed by atoms with Crippen LogP contribution in [0.25, 0.3) is 0 Å². The summed E-state index contributed by atoms with van der Waals surface area (Å²) >= 11 is 0. The SMILES string of the molecule is O=S(=O)(c1ccccc1)c1nc(NCC2CCNCC2)nc2c1CCCC2. The highest BCUT2D eigenvalue weighted by Gasteiger charge is 2.28. The predicted molar refractivity (Wildman–Crippen MR) is 105 cm³/mol. The summed E-state index contributed by atoms with van der Waals surface area (Å²) in [7, 11) is -3.65. The minimum atomic E-state index is -3.65. The van der Waals surface area contributed by atoms with Crippen LogP contribution >= 0.6 is 0 Å². The lowest BCUT2D eigenvalue weighted by Gasteiger charge is -2.24. The second-order valence-corrected chi connectivity index (χ2v) is 9.24. The molecule has 0 bridgehead atoms. The maximum Gasteiger partial charge on any atom is 0.224 e. The van der Waals surface area contributed by atoms with E-state index in [-0.39, 0.29) is 5.03 Å². The number of anilines is 1. The largest absolute Gasteiger partial charge is 0.354 e. The fraction of sp³-hybridized carbons (Fsp3) is 0.500. The average Bonchev–Trinajstić information content (AvgIpc) is 2.73. The molecule has 2 aromatic rings. The molecule has 7 heteroatoms. The van der Waals surface area contributed by atoms with Crippen LogP contribution in [0.1, 0.15) is 36.9 Å². The van der Waals surface area contributed by atoms with Crippen molar-refractivity contribution < 1.29 is 8.42 Å².